The van der Waals surface area contributed by atoms with Crippen molar-refractivity contribution in [2.45, 2.75) is 58.0 Å². The lowest BCUT2D eigenvalue weighted by Gasteiger charge is -2.33. The van der Waals surface area contributed by atoms with Crippen LogP contribution in [-0.2, 0) is 12.8 Å². The molecule has 0 radical (unpaired) electrons. The quantitative estimate of drug-likeness (QED) is 0.596. The molecule has 3 nitrogen and oxygen atoms in total. The van der Waals surface area contributed by atoms with Gasteiger partial charge in [0, 0.05) is 18.1 Å². The van der Waals surface area contributed by atoms with Crippen molar-refractivity contribution in [3.8, 4) is 0 Å². The van der Waals surface area contributed by atoms with E-state index in [2.05, 4.69) is 80.7 Å². The van der Waals surface area contributed by atoms with Crippen LogP contribution in [0.4, 0.5) is 0 Å². The van der Waals surface area contributed by atoms with Crippen LogP contribution in [0.15, 0.2) is 60.7 Å². The fraction of sp³-hybridized carbons (Fsp3) is 0.500. The van der Waals surface area contributed by atoms with E-state index in [1.807, 2.05) is 6.07 Å². The second kappa shape index (κ2) is 10.0. The van der Waals surface area contributed by atoms with Gasteiger partial charge < -0.3 is 16.8 Å². The normalized spacial score (nSPS) is 15.3. The second-order valence-electron chi connectivity index (χ2n) is 9.08. The molecule has 0 aliphatic carbocycles. The summed E-state index contributed by atoms with van der Waals surface area (Å²) in [4.78, 5) is 0. The molecule has 0 saturated heterocycles. The van der Waals surface area contributed by atoms with E-state index in [1.54, 1.807) is 0 Å². The van der Waals surface area contributed by atoms with E-state index in [0.717, 1.165) is 32.2 Å². The second-order valence-corrected chi connectivity index (χ2v) is 9.08. The van der Waals surface area contributed by atoms with Crippen molar-refractivity contribution in [2.24, 2.45) is 16.9 Å². The maximum absolute atomic E-state index is 6.78. The van der Waals surface area contributed by atoms with Crippen molar-refractivity contribution in [1.29, 1.82) is 0 Å². The topological polar surface area (TPSA) is 64.1 Å². The summed E-state index contributed by atoms with van der Waals surface area (Å²) in [7, 11) is 0. The SMILES string of the molecule is CC(C)(C)CCNC(Cc1ccccc1)CC(N)(CN)Cc1ccccc1. The van der Waals surface area contributed by atoms with Crippen LogP contribution in [0, 0.1) is 5.41 Å². The number of hydrogen-bond donors (Lipinski definition) is 3. The molecule has 0 saturated carbocycles. The molecule has 2 aromatic carbocycles. The highest BCUT2D eigenvalue weighted by atomic mass is 14.9. The van der Waals surface area contributed by atoms with E-state index < -0.39 is 5.54 Å². The Labute approximate surface area is 165 Å². The third-order valence-electron chi connectivity index (χ3n) is 5.09. The van der Waals surface area contributed by atoms with Gasteiger partial charge in [-0.1, -0.05) is 81.4 Å². The molecule has 3 heteroatoms. The molecule has 148 valence electrons. The summed E-state index contributed by atoms with van der Waals surface area (Å²) < 4.78 is 0. The lowest BCUT2D eigenvalue weighted by Crippen LogP contribution is -2.53. The van der Waals surface area contributed by atoms with Gasteiger partial charge in [-0.05, 0) is 48.8 Å². The number of benzene rings is 2. The van der Waals surface area contributed by atoms with Crippen LogP contribution in [0.3, 0.4) is 0 Å². The highest BCUT2D eigenvalue weighted by Crippen LogP contribution is 2.20. The molecule has 0 spiro atoms. The highest BCUT2D eigenvalue weighted by molar-refractivity contribution is 5.19. The van der Waals surface area contributed by atoms with Gasteiger partial charge in [-0.15, -0.1) is 0 Å². The van der Waals surface area contributed by atoms with Gasteiger partial charge >= 0.3 is 0 Å². The van der Waals surface area contributed by atoms with Gasteiger partial charge in [-0.2, -0.15) is 0 Å². The van der Waals surface area contributed by atoms with E-state index in [1.165, 1.54) is 11.1 Å². The molecular formula is C24H37N3. The van der Waals surface area contributed by atoms with Gasteiger partial charge in [-0.3, -0.25) is 0 Å². The Morgan fingerprint density at radius 3 is 1.96 bits per heavy atom. The minimum atomic E-state index is -0.407. The first-order valence-electron chi connectivity index (χ1n) is 10.1. The molecule has 2 rings (SSSR count). The summed E-state index contributed by atoms with van der Waals surface area (Å²) >= 11 is 0. The molecular weight excluding hydrogens is 330 g/mol. The Hall–Kier alpha value is -1.68. The molecule has 0 amide bonds. The Morgan fingerprint density at radius 2 is 1.44 bits per heavy atom. The molecule has 0 aliphatic rings. The van der Waals surface area contributed by atoms with Crippen LogP contribution < -0.4 is 16.8 Å². The van der Waals surface area contributed by atoms with Crippen molar-refractivity contribution in [3.05, 3.63) is 71.8 Å². The largest absolute Gasteiger partial charge is 0.329 e. The van der Waals surface area contributed by atoms with Gasteiger partial charge in [0.05, 0.1) is 0 Å². The molecule has 0 bridgehead atoms. The Morgan fingerprint density at radius 1 is 0.889 bits per heavy atom. The van der Waals surface area contributed by atoms with Crippen LogP contribution in [-0.4, -0.2) is 24.7 Å². The molecule has 0 aromatic heterocycles. The molecule has 27 heavy (non-hydrogen) atoms. The Kier molecular flexibility index (Phi) is 8.03. The average Bonchev–Trinajstić information content (AvgIpc) is 2.62. The highest BCUT2D eigenvalue weighted by Gasteiger charge is 2.28. The number of nitrogens with two attached hydrogens (primary N) is 2. The van der Waals surface area contributed by atoms with Gasteiger partial charge in [0.15, 0.2) is 0 Å². The minimum absolute atomic E-state index is 0.312. The molecule has 0 heterocycles. The van der Waals surface area contributed by atoms with Crippen LogP contribution >= 0.6 is 0 Å². The summed E-state index contributed by atoms with van der Waals surface area (Å²) in [5.74, 6) is 0. The van der Waals surface area contributed by atoms with Crippen molar-refractivity contribution >= 4 is 0 Å². The summed E-state index contributed by atoms with van der Waals surface area (Å²) in [5, 5.41) is 3.77. The van der Waals surface area contributed by atoms with Crippen molar-refractivity contribution < 1.29 is 0 Å². The van der Waals surface area contributed by atoms with Crippen LogP contribution in [0.2, 0.25) is 0 Å². The van der Waals surface area contributed by atoms with Crippen molar-refractivity contribution in [1.82, 2.24) is 5.32 Å². The summed E-state index contributed by atoms with van der Waals surface area (Å²) in [6, 6.07) is 21.4. The molecule has 0 aliphatic heterocycles. The number of hydrogen-bond acceptors (Lipinski definition) is 3. The average molecular weight is 368 g/mol. The van der Waals surface area contributed by atoms with Crippen molar-refractivity contribution in [2.75, 3.05) is 13.1 Å². The molecule has 0 fully saturated rings. The van der Waals surface area contributed by atoms with Crippen molar-refractivity contribution in [3.63, 3.8) is 0 Å². The predicted octanol–water partition coefficient (Wildman–Crippen LogP) is 3.91. The zero-order valence-corrected chi connectivity index (χ0v) is 17.2. The van der Waals surface area contributed by atoms with E-state index in [4.69, 9.17) is 11.5 Å². The van der Waals surface area contributed by atoms with Gasteiger partial charge in [-0.25, -0.2) is 0 Å². The fourth-order valence-electron chi connectivity index (χ4n) is 3.49. The third-order valence-corrected chi connectivity index (χ3v) is 5.09. The summed E-state index contributed by atoms with van der Waals surface area (Å²) in [6.45, 7) is 8.32. The first-order valence-corrected chi connectivity index (χ1v) is 10.1. The molecule has 5 N–H and O–H groups in total. The smallest absolute Gasteiger partial charge is 0.0334 e. The molecule has 2 aromatic rings. The zero-order valence-electron chi connectivity index (χ0n) is 17.2. The van der Waals surface area contributed by atoms with Gasteiger partial charge in [0.2, 0.25) is 0 Å². The van der Waals surface area contributed by atoms with Crippen LogP contribution in [0.1, 0.15) is 44.7 Å². The van der Waals surface area contributed by atoms with Gasteiger partial charge in [0.1, 0.15) is 0 Å². The predicted molar refractivity (Wildman–Crippen MR) is 117 cm³/mol. The third kappa shape index (κ3) is 8.25. The Balaban J connectivity index is 2.07. The molecule has 2 unspecified atom stereocenters. The minimum Gasteiger partial charge on any atom is -0.329 e. The van der Waals surface area contributed by atoms with Crippen LogP contribution in [0.25, 0.3) is 0 Å². The van der Waals surface area contributed by atoms with Gasteiger partial charge in [0.25, 0.3) is 0 Å². The maximum Gasteiger partial charge on any atom is 0.0334 e. The first-order chi connectivity index (χ1) is 12.8. The first kappa shape index (κ1) is 21.6. The van der Waals surface area contributed by atoms with E-state index >= 15 is 0 Å². The zero-order chi connectivity index (χ0) is 19.8. The fourth-order valence-corrected chi connectivity index (χ4v) is 3.49. The monoisotopic (exact) mass is 367 g/mol. The van der Waals surface area contributed by atoms with E-state index in [-0.39, 0.29) is 0 Å². The Bertz CT molecular complexity index is 648. The maximum atomic E-state index is 6.78. The lowest BCUT2D eigenvalue weighted by atomic mass is 9.83. The lowest BCUT2D eigenvalue weighted by molar-refractivity contribution is 0.306. The summed E-state index contributed by atoms with van der Waals surface area (Å²) in [6.07, 6.45) is 3.77. The van der Waals surface area contributed by atoms with E-state index in [9.17, 15) is 0 Å². The van der Waals surface area contributed by atoms with E-state index in [0.29, 0.717) is 18.0 Å². The summed E-state index contributed by atoms with van der Waals surface area (Å²) in [5.41, 5.74) is 15.4. The number of nitrogens with one attached hydrogen (secondary N) is 1. The van der Waals surface area contributed by atoms with Crippen LogP contribution in [0.5, 0.6) is 0 Å². The molecule has 2 atom stereocenters. The standard InChI is InChI=1S/C24H37N3/c1-23(2,3)14-15-27-22(16-20-10-6-4-7-11-20)18-24(26,19-25)17-21-12-8-5-9-13-21/h4-13,22,27H,14-19,25-26H2,1-3H3. The number of rotatable bonds is 10.